The second-order valence-electron chi connectivity index (χ2n) is 7.17. The van der Waals surface area contributed by atoms with Gasteiger partial charge in [-0.2, -0.15) is 5.26 Å². The van der Waals surface area contributed by atoms with Crippen LogP contribution < -0.4 is 4.74 Å². The Hall–Kier alpha value is -2.85. The van der Waals surface area contributed by atoms with Gasteiger partial charge < -0.3 is 9.64 Å². The van der Waals surface area contributed by atoms with Crippen LogP contribution >= 0.6 is 0 Å². The fraction of sp³-hybridized carbons (Fsp3) is 0.333. The number of nitrogens with zero attached hydrogens (tertiary/aromatic N) is 2. The summed E-state index contributed by atoms with van der Waals surface area (Å²) >= 11 is 0. The lowest BCUT2D eigenvalue weighted by Gasteiger charge is -2.30. The molecule has 146 valence electrons. The molecule has 1 aliphatic heterocycles. The maximum atomic E-state index is 13.2. The molecule has 2 aromatic rings. The van der Waals surface area contributed by atoms with Gasteiger partial charge in [-0.15, -0.1) is 0 Å². The molecule has 0 bridgehead atoms. The van der Waals surface area contributed by atoms with Crippen molar-refractivity contribution in [2.45, 2.75) is 37.8 Å². The van der Waals surface area contributed by atoms with E-state index in [1.807, 2.05) is 26.0 Å². The maximum absolute atomic E-state index is 13.2. The first-order chi connectivity index (χ1) is 13.2. The molecule has 0 aromatic heterocycles. The van der Waals surface area contributed by atoms with Crippen molar-refractivity contribution in [3.63, 3.8) is 0 Å². The fourth-order valence-electron chi connectivity index (χ4n) is 3.23. The standard InChI is InChI=1S/C21H22N2O4S/c1-14(2)27-20-7-6-18(28(3,25)26)11-19(20)21(24)23-9-8-16-10-15(12-22)4-5-17(16)13-23/h4-7,10-11,14H,8-9,13H2,1-3H3. The van der Waals surface area contributed by atoms with E-state index in [1.54, 1.807) is 17.0 Å². The van der Waals surface area contributed by atoms with Crippen molar-refractivity contribution in [2.75, 3.05) is 12.8 Å². The summed E-state index contributed by atoms with van der Waals surface area (Å²) in [4.78, 5) is 15.0. The minimum atomic E-state index is -3.45. The molecule has 1 heterocycles. The predicted octanol–water partition coefficient (Wildman–Crippen LogP) is 2.95. The second-order valence-corrected chi connectivity index (χ2v) is 9.18. The molecule has 28 heavy (non-hydrogen) atoms. The van der Waals surface area contributed by atoms with Gasteiger partial charge in [-0.3, -0.25) is 4.79 Å². The van der Waals surface area contributed by atoms with Crippen molar-refractivity contribution in [3.8, 4) is 11.8 Å². The summed E-state index contributed by atoms with van der Waals surface area (Å²) in [5.41, 5.74) is 2.90. The van der Waals surface area contributed by atoms with Gasteiger partial charge >= 0.3 is 0 Å². The molecule has 0 spiro atoms. The first kappa shape index (κ1) is 19.9. The number of fused-ring (bicyclic) bond motifs is 1. The first-order valence-electron chi connectivity index (χ1n) is 9.01. The van der Waals surface area contributed by atoms with Crippen LogP contribution in [0.5, 0.6) is 5.75 Å². The number of hydrogen-bond acceptors (Lipinski definition) is 5. The lowest BCUT2D eigenvalue weighted by atomic mass is 9.97. The molecule has 3 rings (SSSR count). The van der Waals surface area contributed by atoms with Crippen LogP contribution in [0.25, 0.3) is 0 Å². The third kappa shape index (κ3) is 4.18. The second kappa shape index (κ2) is 7.64. The van der Waals surface area contributed by atoms with Gasteiger partial charge in [-0.05, 0) is 61.7 Å². The van der Waals surface area contributed by atoms with Crippen LogP contribution in [0.3, 0.4) is 0 Å². The van der Waals surface area contributed by atoms with E-state index >= 15 is 0 Å². The molecular weight excluding hydrogens is 376 g/mol. The van der Waals surface area contributed by atoms with Gasteiger partial charge in [0.2, 0.25) is 0 Å². The SMILES string of the molecule is CC(C)Oc1ccc(S(C)(=O)=O)cc1C(=O)N1CCc2cc(C#N)ccc2C1. The summed E-state index contributed by atoms with van der Waals surface area (Å²) in [5.74, 6) is 0.106. The lowest BCUT2D eigenvalue weighted by molar-refractivity contribution is 0.0728. The number of carbonyl (C=O) groups excluding carboxylic acids is 1. The highest BCUT2D eigenvalue weighted by Gasteiger charge is 2.26. The number of hydrogen-bond donors (Lipinski definition) is 0. The molecule has 0 saturated carbocycles. The molecular formula is C21H22N2O4S. The first-order valence-corrected chi connectivity index (χ1v) is 10.9. The predicted molar refractivity (Wildman–Crippen MR) is 105 cm³/mol. The molecule has 0 unspecified atom stereocenters. The Bertz CT molecular complexity index is 1070. The molecule has 1 aliphatic rings. The van der Waals surface area contributed by atoms with Crippen LogP contribution in [0.1, 0.15) is 40.9 Å². The van der Waals surface area contributed by atoms with Gasteiger partial charge in [0.05, 0.1) is 28.2 Å². The summed E-state index contributed by atoms with van der Waals surface area (Å²) in [7, 11) is -3.45. The Morgan fingerprint density at radius 1 is 1.18 bits per heavy atom. The van der Waals surface area contributed by atoms with Crippen molar-refractivity contribution >= 4 is 15.7 Å². The van der Waals surface area contributed by atoms with Crippen molar-refractivity contribution in [3.05, 3.63) is 58.7 Å². The molecule has 7 heteroatoms. The van der Waals surface area contributed by atoms with Crippen LogP contribution in [0.15, 0.2) is 41.3 Å². The summed E-state index contributed by atoms with van der Waals surface area (Å²) < 4.78 is 29.6. The van der Waals surface area contributed by atoms with E-state index in [9.17, 15) is 13.2 Å². The van der Waals surface area contributed by atoms with Crippen LogP contribution in [0.2, 0.25) is 0 Å². The zero-order chi connectivity index (χ0) is 20.5. The van der Waals surface area contributed by atoms with Crippen molar-refractivity contribution in [1.82, 2.24) is 4.90 Å². The van der Waals surface area contributed by atoms with Gasteiger partial charge in [0.15, 0.2) is 9.84 Å². The van der Waals surface area contributed by atoms with Crippen LogP contribution in [0.4, 0.5) is 0 Å². The molecule has 0 fully saturated rings. The summed E-state index contributed by atoms with van der Waals surface area (Å²) in [6.07, 6.45) is 1.61. The van der Waals surface area contributed by atoms with E-state index in [4.69, 9.17) is 10.00 Å². The Labute approximate surface area is 165 Å². The number of carbonyl (C=O) groups is 1. The molecule has 6 nitrogen and oxygen atoms in total. The van der Waals surface area contributed by atoms with Crippen LogP contribution in [-0.4, -0.2) is 38.1 Å². The third-order valence-electron chi connectivity index (χ3n) is 4.61. The van der Waals surface area contributed by atoms with Gasteiger partial charge in [-0.1, -0.05) is 6.07 Å². The van der Waals surface area contributed by atoms with Crippen LogP contribution in [0, 0.1) is 11.3 Å². The number of nitriles is 1. The number of amides is 1. The van der Waals surface area contributed by atoms with E-state index in [-0.39, 0.29) is 22.5 Å². The number of rotatable bonds is 4. The van der Waals surface area contributed by atoms with E-state index in [2.05, 4.69) is 6.07 Å². The van der Waals surface area contributed by atoms with Crippen molar-refractivity contribution in [1.29, 1.82) is 5.26 Å². The Kier molecular flexibility index (Phi) is 5.43. The smallest absolute Gasteiger partial charge is 0.257 e. The van der Waals surface area contributed by atoms with Crippen molar-refractivity contribution in [2.24, 2.45) is 0 Å². The average molecular weight is 398 g/mol. The zero-order valence-electron chi connectivity index (χ0n) is 16.1. The fourth-order valence-corrected chi connectivity index (χ4v) is 3.88. The van der Waals surface area contributed by atoms with E-state index in [0.29, 0.717) is 30.8 Å². The summed E-state index contributed by atoms with van der Waals surface area (Å²) in [6, 6.07) is 12.0. The highest BCUT2D eigenvalue weighted by molar-refractivity contribution is 7.90. The molecule has 0 N–H and O–H groups in total. The highest BCUT2D eigenvalue weighted by atomic mass is 32.2. The minimum absolute atomic E-state index is 0.0861. The molecule has 0 atom stereocenters. The monoisotopic (exact) mass is 398 g/mol. The Balaban J connectivity index is 1.95. The molecule has 0 radical (unpaired) electrons. The summed E-state index contributed by atoms with van der Waals surface area (Å²) in [5, 5.41) is 9.04. The highest BCUT2D eigenvalue weighted by Crippen LogP contribution is 2.28. The van der Waals surface area contributed by atoms with Gasteiger partial charge in [0, 0.05) is 19.3 Å². The Morgan fingerprint density at radius 2 is 1.93 bits per heavy atom. The Morgan fingerprint density at radius 3 is 2.57 bits per heavy atom. The normalized spacial score (nSPS) is 13.8. The number of sulfone groups is 1. The largest absolute Gasteiger partial charge is 0.490 e. The molecule has 0 saturated heterocycles. The zero-order valence-corrected chi connectivity index (χ0v) is 16.9. The minimum Gasteiger partial charge on any atom is -0.490 e. The lowest BCUT2D eigenvalue weighted by Crippen LogP contribution is -2.36. The van der Waals surface area contributed by atoms with E-state index < -0.39 is 9.84 Å². The number of ether oxygens (including phenoxy) is 1. The molecule has 2 aromatic carbocycles. The van der Waals surface area contributed by atoms with Gasteiger partial charge in [0.1, 0.15) is 5.75 Å². The van der Waals surface area contributed by atoms with E-state index in [1.165, 1.54) is 12.1 Å². The summed E-state index contributed by atoms with van der Waals surface area (Å²) in [6.45, 7) is 4.60. The number of benzene rings is 2. The molecule has 1 amide bonds. The van der Waals surface area contributed by atoms with Gasteiger partial charge in [0.25, 0.3) is 5.91 Å². The average Bonchev–Trinajstić information content (AvgIpc) is 2.65. The van der Waals surface area contributed by atoms with Crippen molar-refractivity contribution < 1.29 is 17.9 Å². The topological polar surface area (TPSA) is 87.5 Å². The van der Waals surface area contributed by atoms with Gasteiger partial charge in [-0.25, -0.2) is 8.42 Å². The molecule has 0 aliphatic carbocycles. The van der Waals surface area contributed by atoms with E-state index in [0.717, 1.165) is 17.4 Å². The maximum Gasteiger partial charge on any atom is 0.257 e. The third-order valence-corrected chi connectivity index (χ3v) is 5.72. The quantitative estimate of drug-likeness (QED) is 0.790. The van der Waals surface area contributed by atoms with Crippen LogP contribution in [-0.2, 0) is 22.8 Å².